The van der Waals surface area contributed by atoms with Crippen molar-refractivity contribution in [3.63, 3.8) is 0 Å². The Morgan fingerprint density at radius 1 is 1.17 bits per heavy atom. The maximum atomic E-state index is 13.2. The van der Waals surface area contributed by atoms with Crippen LogP contribution in [0.3, 0.4) is 0 Å². The summed E-state index contributed by atoms with van der Waals surface area (Å²) in [4.78, 5) is 24.5. The lowest BCUT2D eigenvalue weighted by Crippen LogP contribution is -2.41. The number of hydrogen-bond donors (Lipinski definition) is 2. The van der Waals surface area contributed by atoms with Crippen molar-refractivity contribution in [2.45, 2.75) is 51.2 Å². The summed E-state index contributed by atoms with van der Waals surface area (Å²) in [5.74, 6) is 0.375. The molecule has 2 N–H and O–H groups in total. The van der Waals surface area contributed by atoms with Gasteiger partial charge in [0, 0.05) is 34.5 Å². The molecule has 156 valence electrons. The first-order chi connectivity index (χ1) is 14.0. The van der Waals surface area contributed by atoms with E-state index in [9.17, 15) is 14.0 Å². The van der Waals surface area contributed by atoms with E-state index in [-0.39, 0.29) is 17.6 Å². The van der Waals surface area contributed by atoms with Crippen molar-refractivity contribution in [3.05, 3.63) is 53.1 Å². The summed E-state index contributed by atoms with van der Waals surface area (Å²) >= 11 is 0. The number of nitrogens with zero attached hydrogens (tertiary/aromatic N) is 1. The molecule has 8 heteroatoms. The molecule has 0 bridgehead atoms. The standard InChI is InChI=1S/C21H26FN3O2S2/c1-14-13-19(15(2)25(14)17-9-7-16(22)8-10-17)21(27)24-23-20(26)6-4-3-5-18-11-12-28-29-18/h7-10,13,18H,3-6,11-12H2,1-2H3,(H,23,26)(H,24,27). The Kier molecular flexibility index (Phi) is 7.66. The molecule has 2 aromatic rings. The number of aryl methyl sites for hydroxylation is 1. The Labute approximate surface area is 178 Å². The van der Waals surface area contributed by atoms with E-state index in [1.54, 1.807) is 18.2 Å². The number of amides is 2. The normalized spacial score (nSPS) is 16.0. The molecule has 0 spiro atoms. The van der Waals surface area contributed by atoms with Crippen molar-refractivity contribution < 1.29 is 14.0 Å². The summed E-state index contributed by atoms with van der Waals surface area (Å²) in [7, 11) is 3.89. The van der Waals surface area contributed by atoms with E-state index in [2.05, 4.69) is 10.9 Å². The first-order valence-electron chi connectivity index (χ1n) is 9.78. The number of aromatic nitrogens is 1. The lowest BCUT2D eigenvalue weighted by Gasteiger charge is -2.11. The fourth-order valence-electron chi connectivity index (χ4n) is 3.46. The smallest absolute Gasteiger partial charge is 0.271 e. The summed E-state index contributed by atoms with van der Waals surface area (Å²) in [6.45, 7) is 3.71. The zero-order chi connectivity index (χ0) is 20.8. The van der Waals surface area contributed by atoms with Crippen molar-refractivity contribution in [3.8, 4) is 5.69 Å². The third kappa shape index (κ3) is 5.79. The van der Waals surface area contributed by atoms with Crippen LogP contribution >= 0.6 is 21.6 Å². The monoisotopic (exact) mass is 435 g/mol. The average Bonchev–Trinajstić information content (AvgIpc) is 3.32. The number of carbonyl (C=O) groups excluding carboxylic acids is 2. The largest absolute Gasteiger partial charge is 0.318 e. The van der Waals surface area contributed by atoms with Crippen LogP contribution in [0.4, 0.5) is 4.39 Å². The molecular weight excluding hydrogens is 409 g/mol. The minimum Gasteiger partial charge on any atom is -0.318 e. The van der Waals surface area contributed by atoms with Gasteiger partial charge in [0.25, 0.3) is 5.91 Å². The SMILES string of the molecule is Cc1cc(C(=O)NNC(=O)CCCCC2CCSS2)c(C)n1-c1ccc(F)cc1. The number of benzene rings is 1. The molecule has 5 nitrogen and oxygen atoms in total. The molecule has 1 aliphatic heterocycles. The molecule has 0 radical (unpaired) electrons. The topological polar surface area (TPSA) is 63.1 Å². The Morgan fingerprint density at radius 3 is 2.62 bits per heavy atom. The highest BCUT2D eigenvalue weighted by Gasteiger charge is 2.18. The first kappa shape index (κ1) is 21.8. The minimum atomic E-state index is -0.362. The molecule has 2 heterocycles. The summed E-state index contributed by atoms with van der Waals surface area (Å²) in [5, 5.41) is 0.721. The van der Waals surface area contributed by atoms with Gasteiger partial charge in [0.05, 0.1) is 5.56 Å². The minimum absolute atomic E-state index is 0.181. The van der Waals surface area contributed by atoms with E-state index in [0.717, 1.165) is 41.6 Å². The summed E-state index contributed by atoms with van der Waals surface area (Å²) in [6.07, 6.45) is 4.65. The highest BCUT2D eigenvalue weighted by atomic mass is 33.1. The van der Waals surface area contributed by atoms with Gasteiger partial charge in [-0.05, 0) is 63.4 Å². The average molecular weight is 436 g/mol. The molecule has 1 unspecified atom stereocenters. The van der Waals surface area contributed by atoms with Gasteiger partial charge in [0.2, 0.25) is 5.91 Å². The molecule has 1 atom stereocenters. The molecule has 1 aromatic carbocycles. The van der Waals surface area contributed by atoms with Crippen LogP contribution in [0.1, 0.15) is 53.8 Å². The zero-order valence-corrected chi connectivity index (χ0v) is 18.3. The number of unbranched alkanes of at least 4 members (excludes halogenated alkanes) is 1. The molecule has 1 aliphatic rings. The van der Waals surface area contributed by atoms with Crippen LogP contribution in [0.5, 0.6) is 0 Å². The number of rotatable bonds is 7. The van der Waals surface area contributed by atoms with Crippen LogP contribution < -0.4 is 10.9 Å². The van der Waals surface area contributed by atoms with Crippen LogP contribution in [0, 0.1) is 19.7 Å². The molecule has 29 heavy (non-hydrogen) atoms. The van der Waals surface area contributed by atoms with E-state index in [4.69, 9.17) is 0 Å². The molecule has 2 amide bonds. The molecule has 1 aromatic heterocycles. The van der Waals surface area contributed by atoms with Crippen LogP contribution in [-0.2, 0) is 4.79 Å². The molecule has 1 fully saturated rings. The van der Waals surface area contributed by atoms with Gasteiger partial charge < -0.3 is 4.57 Å². The lowest BCUT2D eigenvalue weighted by molar-refractivity contribution is -0.122. The highest BCUT2D eigenvalue weighted by molar-refractivity contribution is 8.77. The molecular formula is C21H26FN3O2S2. The molecule has 1 saturated heterocycles. The van der Waals surface area contributed by atoms with Gasteiger partial charge in [0.1, 0.15) is 5.82 Å². The van der Waals surface area contributed by atoms with Gasteiger partial charge in [-0.1, -0.05) is 28.0 Å². The van der Waals surface area contributed by atoms with Crippen LogP contribution in [0.2, 0.25) is 0 Å². The van der Waals surface area contributed by atoms with Gasteiger partial charge in [-0.2, -0.15) is 0 Å². The van der Waals surface area contributed by atoms with Crippen molar-refractivity contribution in [2.24, 2.45) is 0 Å². The van der Waals surface area contributed by atoms with E-state index in [1.807, 2.05) is 40.0 Å². The molecule has 0 aliphatic carbocycles. The van der Waals surface area contributed by atoms with Gasteiger partial charge in [-0.25, -0.2) is 4.39 Å². The van der Waals surface area contributed by atoms with Gasteiger partial charge >= 0.3 is 0 Å². The summed E-state index contributed by atoms with van der Waals surface area (Å²) < 4.78 is 15.1. The second kappa shape index (κ2) is 10.2. The number of hydrazine groups is 1. The summed E-state index contributed by atoms with van der Waals surface area (Å²) in [6, 6.07) is 7.87. The van der Waals surface area contributed by atoms with Gasteiger partial charge in [0.15, 0.2) is 0 Å². The van der Waals surface area contributed by atoms with Crippen molar-refractivity contribution in [1.29, 1.82) is 0 Å². The second-order valence-electron chi connectivity index (χ2n) is 7.17. The van der Waals surface area contributed by atoms with Crippen molar-refractivity contribution in [1.82, 2.24) is 15.4 Å². The summed E-state index contributed by atoms with van der Waals surface area (Å²) in [5.41, 5.74) is 7.85. The van der Waals surface area contributed by atoms with Gasteiger partial charge in [-0.15, -0.1) is 0 Å². The van der Waals surface area contributed by atoms with E-state index in [0.29, 0.717) is 12.0 Å². The Bertz CT molecular complexity index is 862. The zero-order valence-electron chi connectivity index (χ0n) is 16.7. The third-order valence-electron chi connectivity index (χ3n) is 4.98. The predicted molar refractivity (Wildman–Crippen MR) is 118 cm³/mol. The second-order valence-corrected chi connectivity index (χ2v) is 9.96. The number of hydrogen-bond acceptors (Lipinski definition) is 4. The van der Waals surface area contributed by atoms with Crippen molar-refractivity contribution >= 4 is 33.4 Å². The maximum Gasteiger partial charge on any atom is 0.271 e. The van der Waals surface area contributed by atoms with Crippen molar-refractivity contribution in [2.75, 3.05) is 5.75 Å². The number of halogens is 1. The number of carbonyl (C=O) groups is 2. The number of nitrogens with one attached hydrogen (secondary N) is 2. The van der Waals surface area contributed by atoms with Crippen LogP contribution in [0.25, 0.3) is 5.69 Å². The quantitative estimate of drug-likeness (QED) is 0.376. The Morgan fingerprint density at radius 2 is 1.93 bits per heavy atom. The van der Waals surface area contributed by atoms with E-state index >= 15 is 0 Å². The molecule has 0 saturated carbocycles. The molecule has 3 rings (SSSR count). The first-order valence-corrected chi connectivity index (χ1v) is 12.2. The van der Waals surface area contributed by atoms with E-state index < -0.39 is 0 Å². The van der Waals surface area contributed by atoms with Crippen LogP contribution in [-0.4, -0.2) is 27.4 Å². The fourth-order valence-corrected chi connectivity index (χ4v) is 6.49. The fraction of sp³-hybridized carbons (Fsp3) is 0.429. The lowest BCUT2D eigenvalue weighted by atomic mass is 10.1. The van der Waals surface area contributed by atoms with E-state index in [1.165, 1.54) is 24.3 Å². The highest BCUT2D eigenvalue weighted by Crippen LogP contribution is 2.39. The Hall–Kier alpha value is -1.93. The van der Waals surface area contributed by atoms with Gasteiger partial charge in [-0.3, -0.25) is 20.4 Å². The van der Waals surface area contributed by atoms with Crippen LogP contribution in [0.15, 0.2) is 30.3 Å². The third-order valence-corrected chi connectivity index (χ3v) is 7.99. The maximum absolute atomic E-state index is 13.2. The predicted octanol–water partition coefficient (Wildman–Crippen LogP) is 4.71. The Balaban J connectivity index is 1.49.